The molecule has 0 spiro atoms. The lowest BCUT2D eigenvalue weighted by molar-refractivity contribution is 0.0581. The molecule has 114 valence electrons. The zero-order valence-electron chi connectivity index (χ0n) is 12.5. The van der Waals surface area contributed by atoms with Crippen LogP contribution in [0, 0.1) is 0 Å². The lowest BCUT2D eigenvalue weighted by Gasteiger charge is -2.20. The summed E-state index contributed by atoms with van der Waals surface area (Å²) in [5.41, 5.74) is 3.06. The van der Waals surface area contributed by atoms with Crippen LogP contribution < -0.4 is 10.6 Å². The fourth-order valence-corrected chi connectivity index (χ4v) is 3.26. The molecule has 4 nitrogen and oxygen atoms in total. The second-order valence-electron chi connectivity index (χ2n) is 5.90. The zero-order chi connectivity index (χ0) is 14.5. The normalized spacial score (nSPS) is 18.1. The molecule has 1 heterocycles. The summed E-state index contributed by atoms with van der Waals surface area (Å²) in [5.74, 6) is 0.0190. The average molecular weight is 288 g/mol. The van der Waals surface area contributed by atoms with Gasteiger partial charge in [-0.15, -0.1) is 0 Å². The highest BCUT2D eigenvalue weighted by atomic mass is 16.5. The van der Waals surface area contributed by atoms with Crippen LogP contribution in [0.15, 0.2) is 18.2 Å². The van der Waals surface area contributed by atoms with Gasteiger partial charge in [-0.05, 0) is 43.4 Å². The van der Waals surface area contributed by atoms with Crippen molar-refractivity contribution in [2.45, 2.75) is 44.6 Å². The fraction of sp³-hybridized carbons (Fsp3) is 0.588. The standard InChI is InChI=1S/C17H24N2O2/c20-17(19-11-12-21-13-5-1-2-6-13)15-7-3-9-16-14(15)8-4-10-18-16/h3,7,9,13,18H,1-2,4-6,8,10-12H2,(H,19,20). The van der Waals surface area contributed by atoms with Crippen molar-refractivity contribution in [1.29, 1.82) is 0 Å². The van der Waals surface area contributed by atoms with E-state index in [0.717, 1.165) is 36.2 Å². The highest BCUT2D eigenvalue weighted by Gasteiger charge is 2.18. The van der Waals surface area contributed by atoms with Crippen molar-refractivity contribution in [2.75, 3.05) is 25.0 Å². The van der Waals surface area contributed by atoms with E-state index < -0.39 is 0 Å². The summed E-state index contributed by atoms with van der Waals surface area (Å²) in [7, 11) is 0. The molecule has 1 saturated carbocycles. The molecule has 0 atom stereocenters. The highest BCUT2D eigenvalue weighted by Crippen LogP contribution is 2.25. The molecule has 1 aromatic carbocycles. The van der Waals surface area contributed by atoms with Crippen molar-refractivity contribution in [3.8, 4) is 0 Å². The third-order valence-corrected chi connectivity index (χ3v) is 4.38. The van der Waals surface area contributed by atoms with Crippen LogP contribution >= 0.6 is 0 Å². The Hall–Kier alpha value is -1.55. The Morgan fingerprint density at radius 3 is 3.00 bits per heavy atom. The van der Waals surface area contributed by atoms with Gasteiger partial charge in [0.2, 0.25) is 0 Å². The van der Waals surface area contributed by atoms with Crippen LogP contribution in [-0.2, 0) is 11.2 Å². The Bertz CT molecular complexity index is 496. The molecule has 1 aliphatic carbocycles. The number of hydrogen-bond donors (Lipinski definition) is 2. The van der Waals surface area contributed by atoms with Crippen molar-refractivity contribution in [3.05, 3.63) is 29.3 Å². The van der Waals surface area contributed by atoms with Crippen molar-refractivity contribution >= 4 is 11.6 Å². The van der Waals surface area contributed by atoms with Crippen LogP contribution in [0.25, 0.3) is 0 Å². The molecule has 0 bridgehead atoms. The van der Waals surface area contributed by atoms with Gasteiger partial charge in [0.1, 0.15) is 0 Å². The summed E-state index contributed by atoms with van der Waals surface area (Å²) in [6.45, 7) is 2.20. The van der Waals surface area contributed by atoms with Crippen molar-refractivity contribution in [2.24, 2.45) is 0 Å². The molecule has 21 heavy (non-hydrogen) atoms. The lowest BCUT2D eigenvalue weighted by Crippen LogP contribution is -2.30. The van der Waals surface area contributed by atoms with Crippen LogP contribution in [0.1, 0.15) is 48.0 Å². The molecule has 3 rings (SSSR count). The van der Waals surface area contributed by atoms with Crippen LogP contribution in [-0.4, -0.2) is 31.7 Å². The molecule has 1 amide bonds. The third kappa shape index (κ3) is 3.56. The largest absolute Gasteiger partial charge is 0.385 e. The van der Waals surface area contributed by atoms with Crippen molar-refractivity contribution in [3.63, 3.8) is 0 Å². The summed E-state index contributed by atoms with van der Waals surface area (Å²) in [5, 5.41) is 6.34. The molecule has 4 heteroatoms. The Kier molecular flexibility index (Phi) is 4.76. The Balaban J connectivity index is 1.51. The van der Waals surface area contributed by atoms with E-state index >= 15 is 0 Å². The maximum atomic E-state index is 12.3. The predicted molar refractivity (Wildman–Crippen MR) is 83.8 cm³/mol. The molecular formula is C17H24N2O2. The molecule has 1 aliphatic heterocycles. The van der Waals surface area contributed by atoms with Crippen molar-refractivity contribution in [1.82, 2.24) is 5.32 Å². The van der Waals surface area contributed by atoms with E-state index in [-0.39, 0.29) is 5.91 Å². The molecule has 2 aliphatic rings. The Morgan fingerprint density at radius 2 is 2.14 bits per heavy atom. The Morgan fingerprint density at radius 1 is 1.29 bits per heavy atom. The number of hydrogen-bond acceptors (Lipinski definition) is 3. The number of carbonyl (C=O) groups is 1. The number of fused-ring (bicyclic) bond motifs is 1. The zero-order valence-corrected chi connectivity index (χ0v) is 12.5. The van der Waals surface area contributed by atoms with E-state index in [1.807, 2.05) is 12.1 Å². The quantitative estimate of drug-likeness (QED) is 0.819. The number of amides is 1. The van der Waals surface area contributed by atoms with Crippen LogP contribution in [0.4, 0.5) is 5.69 Å². The molecule has 0 saturated heterocycles. The topological polar surface area (TPSA) is 50.4 Å². The van der Waals surface area contributed by atoms with E-state index in [1.54, 1.807) is 0 Å². The summed E-state index contributed by atoms with van der Waals surface area (Å²) < 4.78 is 5.77. The van der Waals surface area contributed by atoms with Gasteiger partial charge in [0.25, 0.3) is 5.91 Å². The number of anilines is 1. The first-order chi connectivity index (χ1) is 10.3. The fourth-order valence-electron chi connectivity index (χ4n) is 3.26. The van der Waals surface area contributed by atoms with Gasteiger partial charge < -0.3 is 15.4 Å². The van der Waals surface area contributed by atoms with Crippen LogP contribution in [0.5, 0.6) is 0 Å². The van der Waals surface area contributed by atoms with Gasteiger partial charge >= 0.3 is 0 Å². The third-order valence-electron chi connectivity index (χ3n) is 4.38. The van der Waals surface area contributed by atoms with Crippen LogP contribution in [0.2, 0.25) is 0 Å². The first-order valence-corrected chi connectivity index (χ1v) is 8.10. The number of rotatable bonds is 5. The molecule has 0 unspecified atom stereocenters. The van der Waals surface area contributed by atoms with Gasteiger partial charge in [0.05, 0.1) is 12.7 Å². The maximum absolute atomic E-state index is 12.3. The van der Waals surface area contributed by atoms with Gasteiger partial charge in [-0.1, -0.05) is 18.9 Å². The van der Waals surface area contributed by atoms with Gasteiger partial charge in [0.15, 0.2) is 0 Å². The average Bonchev–Trinajstić information content (AvgIpc) is 3.04. The van der Waals surface area contributed by atoms with Crippen molar-refractivity contribution < 1.29 is 9.53 Å². The number of benzene rings is 1. The van der Waals surface area contributed by atoms with E-state index in [0.29, 0.717) is 19.3 Å². The summed E-state index contributed by atoms with van der Waals surface area (Å²) >= 11 is 0. The molecule has 0 radical (unpaired) electrons. The SMILES string of the molecule is O=C(NCCOC1CCCC1)c1cccc2c1CCCN2. The second kappa shape index (κ2) is 6.94. The maximum Gasteiger partial charge on any atom is 0.251 e. The minimum Gasteiger partial charge on any atom is -0.385 e. The minimum absolute atomic E-state index is 0.0190. The molecule has 0 aromatic heterocycles. The summed E-state index contributed by atoms with van der Waals surface area (Å²) in [6.07, 6.45) is 7.38. The van der Waals surface area contributed by atoms with E-state index in [9.17, 15) is 4.79 Å². The first-order valence-electron chi connectivity index (χ1n) is 8.10. The molecule has 2 N–H and O–H groups in total. The monoisotopic (exact) mass is 288 g/mol. The second-order valence-corrected chi connectivity index (χ2v) is 5.90. The molecule has 1 aromatic rings. The number of nitrogens with one attached hydrogen (secondary N) is 2. The van der Waals surface area contributed by atoms with E-state index in [4.69, 9.17) is 4.74 Å². The smallest absolute Gasteiger partial charge is 0.251 e. The number of ether oxygens (including phenoxy) is 1. The number of carbonyl (C=O) groups excluding carboxylic acids is 1. The molecular weight excluding hydrogens is 264 g/mol. The van der Waals surface area contributed by atoms with Gasteiger partial charge in [0, 0.05) is 24.3 Å². The minimum atomic E-state index is 0.0190. The Labute approximate surface area is 126 Å². The highest BCUT2D eigenvalue weighted by molar-refractivity contribution is 5.97. The predicted octanol–water partition coefficient (Wildman–Crippen LogP) is 2.73. The van der Waals surface area contributed by atoms with E-state index in [2.05, 4.69) is 16.7 Å². The van der Waals surface area contributed by atoms with Crippen LogP contribution in [0.3, 0.4) is 0 Å². The van der Waals surface area contributed by atoms with Gasteiger partial charge in [-0.3, -0.25) is 4.79 Å². The summed E-state index contributed by atoms with van der Waals surface area (Å²) in [6, 6.07) is 5.91. The van der Waals surface area contributed by atoms with Gasteiger partial charge in [-0.2, -0.15) is 0 Å². The summed E-state index contributed by atoms with van der Waals surface area (Å²) in [4.78, 5) is 12.3. The molecule has 1 fully saturated rings. The van der Waals surface area contributed by atoms with Gasteiger partial charge in [-0.25, -0.2) is 0 Å². The first kappa shape index (κ1) is 14.4. The van der Waals surface area contributed by atoms with E-state index in [1.165, 1.54) is 25.7 Å². The lowest BCUT2D eigenvalue weighted by atomic mass is 9.97.